The summed E-state index contributed by atoms with van der Waals surface area (Å²) in [6, 6.07) is 37.1. The Kier molecular flexibility index (Phi) is 8.81. The van der Waals surface area contributed by atoms with Gasteiger partial charge in [-0.05, 0) is 102 Å². The van der Waals surface area contributed by atoms with E-state index in [1.807, 2.05) is 17.8 Å². The average molecular weight is 724 g/mol. The number of benzene rings is 4. The molecule has 6 aliphatic rings. The van der Waals surface area contributed by atoms with E-state index < -0.39 is 0 Å². The van der Waals surface area contributed by atoms with E-state index in [1.165, 1.54) is 53.9 Å². The zero-order valence-corrected chi connectivity index (χ0v) is 31.7. The summed E-state index contributed by atoms with van der Waals surface area (Å²) in [5.74, 6) is 1.25. The number of allylic oxidation sites excluding steroid dienone is 10. The first kappa shape index (κ1) is 33.2. The van der Waals surface area contributed by atoms with Crippen LogP contribution in [0.1, 0.15) is 72.6 Å². The molecule has 0 bridgehead atoms. The van der Waals surface area contributed by atoms with Crippen LogP contribution >= 0.6 is 23.5 Å². The van der Waals surface area contributed by atoms with Gasteiger partial charge in [0.1, 0.15) is 0 Å². The minimum atomic E-state index is 0.239. The topological polar surface area (TPSA) is 3.24 Å². The van der Waals surface area contributed by atoms with Crippen LogP contribution in [-0.4, -0.2) is 11.3 Å². The van der Waals surface area contributed by atoms with Crippen LogP contribution in [0, 0.1) is 11.8 Å². The van der Waals surface area contributed by atoms with Crippen LogP contribution in [0.2, 0.25) is 0 Å². The van der Waals surface area contributed by atoms with Crippen molar-refractivity contribution in [1.82, 2.24) is 0 Å². The summed E-state index contributed by atoms with van der Waals surface area (Å²) < 4.78 is 0. The summed E-state index contributed by atoms with van der Waals surface area (Å²) in [5, 5.41) is 0.315. The largest absolute Gasteiger partial charge is 0.337 e. The number of rotatable bonds is 6. The number of anilines is 2. The van der Waals surface area contributed by atoms with Gasteiger partial charge >= 0.3 is 0 Å². The third kappa shape index (κ3) is 5.70. The molecule has 0 aromatic heterocycles. The standard InChI is InChI=1S/C50H45NS2/c1-2-3-26-45-47(34-30-31-42-40(32-34)37-21-10-13-25-41(37)51(42)35-19-8-5-9-20-35)49(38-22-11-14-27-43(38)52-45)50-39-23-12-15-28-44(39)53-46-29-16-24-36(48(46)50)33-17-6-4-7-18-33/h2-3,5-6,8-10,12-13,15-29,32,40,42,45,47,49-50H,1,4,7,11,14,30-31H2/b26-3-/t40?,42-,45?,47?,49?,50?/m1/s1. The maximum Gasteiger partial charge on any atom is 0.0453 e. The first-order valence-electron chi connectivity index (χ1n) is 19.6. The summed E-state index contributed by atoms with van der Waals surface area (Å²) in [5.41, 5.74) is 13.2. The van der Waals surface area contributed by atoms with Crippen molar-refractivity contribution < 1.29 is 0 Å². The Morgan fingerprint density at radius 3 is 2.40 bits per heavy atom. The van der Waals surface area contributed by atoms with Crippen LogP contribution in [0.5, 0.6) is 0 Å². The molecule has 53 heavy (non-hydrogen) atoms. The SMILES string of the molecule is C=C/C=C\C1SC2=CCCC=C2C(C2c3ccccc3Sc3cccc(C4=CCCC=C4)c32)C1C1=CC2c3ccccc3N(c3ccccc3)[C@@H]2CC1. The van der Waals surface area contributed by atoms with Gasteiger partial charge in [0.25, 0.3) is 0 Å². The summed E-state index contributed by atoms with van der Waals surface area (Å²) in [6.07, 6.45) is 28.6. The first-order chi connectivity index (χ1) is 26.3. The van der Waals surface area contributed by atoms with Crippen LogP contribution < -0.4 is 4.90 Å². The molecule has 3 aliphatic heterocycles. The molecule has 262 valence electrons. The lowest BCUT2D eigenvalue weighted by Crippen LogP contribution is -2.40. The lowest BCUT2D eigenvalue weighted by molar-refractivity contribution is 0.369. The number of para-hydroxylation sites is 2. The second kappa shape index (κ2) is 14.1. The fraction of sp³-hybridized carbons (Fsp3) is 0.240. The quantitative estimate of drug-likeness (QED) is 0.144. The van der Waals surface area contributed by atoms with Crippen LogP contribution in [0.15, 0.2) is 184 Å². The zero-order valence-electron chi connectivity index (χ0n) is 30.1. The highest BCUT2D eigenvalue weighted by molar-refractivity contribution is 8.04. The number of nitrogens with zero attached hydrogens (tertiary/aromatic N) is 1. The van der Waals surface area contributed by atoms with Gasteiger partial charge in [-0.3, -0.25) is 0 Å². The summed E-state index contributed by atoms with van der Waals surface area (Å²) in [7, 11) is 0. The van der Waals surface area contributed by atoms with Crippen molar-refractivity contribution >= 4 is 40.5 Å². The maximum atomic E-state index is 4.14. The summed E-state index contributed by atoms with van der Waals surface area (Å²) >= 11 is 4.08. The van der Waals surface area contributed by atoms with E-state index in [-0.39, 0.29) is 5.92 Å². The Balaban J connectivity index is 1.18. The number of fused-ring (bicyclic) bond motifs is 6. The van der Waals surface area contributed by atoms with Crippen LogP contribution in [0.3, 0.4) is 0 Å². The molecule has 1 saturated heterocycles. The molecule has 0 N–H and O–H groups in total. The van der Waals surface area contributed by atoms with E-state index in [1.54, 1.807) is 11.1 Å². The van der Waals surface area contributed by atoms with Gasteiger partial charge in [0.2, 0.25) is 0 Å². The highest BCUT2D eigenvalue weighted by atomic mass is 32.2. The van der Waals surface area contributed by atoms with Gasteiger partial charge in [0.05, 0.1) is 0 Å². The van der Waals surface area contributed by atoms with Crippen LogP contribution in [-0.2, 0) is 0 Å². The van der Waals surface area contributed by atoms with E-state index in [4.69, 9.17) is 0 Å². The second-order valence-corrected chi connectivity index (χ2v) is 17.5. The predicted molar refractivity (Wildman–Crippen MR) is 227 cm³/mol. The molecule has 10 rings (SSSR count). The van der Waals surface area contributed by atoms with Gasteiger partial charge in [-0.25, -0.2) is 0 Å². The molecule has 3 heteroatoms. The zero-order chi connectivity index (χ0) is 35.3. The molecule has 3 heterocycles. The van der Waals surface area contributed by atoms with Gasteiger partial charge in [-0.15, -0.1) is 11.8 Å². The fourth-order valence-electron chi connectivity index (χ4n) is 10.2. The van der Waals surface area contributed by atoms with Crippen molar-refractivity contribution in [1.29, 1.82) is 0 Å². The first-order valence-corrected chi connectivity index (χ1v) is 21.2. The van der Waals surface area contributed by atoms with Crippen molar-refractivity contribution in [2.24, 2.45) is 11.8 Å². The molecule has 1 nitrogen and oxygen atoms in total. The molecule has 0 amide bonds. The van der Waals surface area contributed by atoms with E-state index in [0.717, 1.165) is 38.5 Å². The molecular weight excluding hydrogens is 679 g/mol. The Hall–Kier alpha value is -4.44. The Labute approximate surface area is 323 Å². The molecule has 5 unspecified atom stereocenters. The van der Waals surface area contributed by atoms with Gasteiger partial charge < -0.3 is 4.90 Å². The molecule has 1 fully saturated rings. The normalized spacial score (nSPS) is 27.0. The second-order valence-electron chi connectivity index (χ2n) is 15.2. The average Bonchev–Trinajstić information content (AvgIpc) is 3.55. The number of hydrogen-bond donors (Lipinski definition) is 0. The van der Waals surface area contributed by atoms with Crippen molar-refractivity contribution in [2.75, 3.05) is 4.90 Å². The van der Waals surface area contributed by atoms with Crippen molar-refractivity contribution in [3.8, 4) is 0 Å². The van der Waals surface area contributed by atoms with Crippen LogP contribution in [0.4, 0.5) is 11.4 Å². The molecule has 4 aromatic rings. The van der Waals surface area contributed by atoms with E-state index in [0.29, 0.717) is 29.0 Å². The molecule has 3 aliphatic carbocycles. The Morgan fingerprint density at radius 1 is 0.736 bits per heavy atom. The summed E-state index contributed by atoms with van der Waals surface area (Å²) in [4.78, 5) is 6.97. The smallest absolute Gasteiger partial charge is 0.0453 e. The van der Waals surface area contributed by atoms with Crippen molar-refractivity contribution in [3.05, 3.63) is 197 Å². The number of hydrogen-bond acceptors (Lipinski definition) is 3. The lowest BCUT2D eigenvalue weighted by atomic mass is 9.63. The lowest BCUT2D eigenvalue weighted by Gasteiger charge is -2.49. The minimum Gasteiger partial charge on any atom is -0.337 e. The monoisotopic (exact) mass is 723 g/mol. The molecule has 0 saturated carbocycles. The molecule has 0 radical (unpaired) electrons. The van der Waals surface area contributed by atoms with Gasteiger partial charge in [-0.2, -0.15) is 0 Å². The molecule has 4 aromatic carbocycles. The molecular formula is C50H45NS2. The maximum absolute atomic E-state index is 4.14. The van der Waals surface area contributed by atoms with E-state index >= 15 is 0 Å². The van der Waals surface area contributed by atoms with E-state index in [2.05, 4.69) is 169 Å². The van der Waals surface area contributed by atoms with Crippen LogP contribution in [0.25, 0.3) is 5.57 Å². The third-order valence-electron chi connectivity index (χ3n) is 12.3. The highest BCUT2D eigenvalue weighted by Crippen LogP contribution is 2.62. The fourth-order valence-corrected chi connectivity index (χ4v) is 13.0. The Morgan fingerprint density at radius 2 is 1.53 bits per heavy atom. The van der Waals surface area contributed by atoms with E-state index in [9.17, 15) is 0 Å². The van der Waals surface area contributed by atoms with Crippen molar-refractivity contribution in [3.63, 3.8) is 0 Å². The van der Waals surface area contributed by atoms with Gasteiger partial charge in [-0.1, -0.05) is 145 Å². The highest BCUT2D eigenvalue weighted by Gasteiger charge is 2.49. The van der Waals surface area contributed by atoms with Crippen molar-refractivity contribution in [2.45, 2.75) is 71.4 Å². The summed E-state index contributed by atoms with van der Waals surface area (Å²) in [6.45, 7) is 4.14. The molecule has 0 spiro atoms. The Bertz CT molecular complexity index is 2270. The predicted octanol–water partition coefficient (Wildman–Crippen LogP) is 13.7. The third-order valence-corrected chi connectivity index (χ3v) is 14.9. The minimum absolute atomic E-state index is 0.239. The van der Waals surface area contributed by atoms with Gasteiger partial charge in [0, 0.05) is 61.0 Å². The van der Waals surface area contributed by atoms with Gasteiger partial charge in [0.15, 0.2) is 0 Å². The molecule has 6 atom stereocenters. The number of thioether (sulfide) groups is 1.